The Labute approximate surface area is 167 Å². The standard InChI is InChI=1S/C22H34N2O4/c25-20(24-6-4-23-5-7-24)13-15-2-1-3-21(14-15)26-22(28-27-21)18-9-16-8-17(11-18)12-19(22)10-16/h15-19,23H,1-14H2/t15?,16?,17?,18?,19?,21-,22?/m1/s1. The molecular formula is C22H34N2O4. The van der Waals surface area contributed by atoms with Crippen LogP contribution in [0.3, 0.4) is 0 Å². The number of nitrogens with zero attached hydrogens (tertiary/aromatic N) is 1. The molecule has 7 aliphatic rings. The van der Waals surface area contributed by atoms with Crippen molar-refractivity contribution in [2.75, 3.05) is 26.2 Å². The van der Waals surface area contributed by atoms with Gasteiger partial charge in [-0.1, -0.05) is 0 Å². The molecule has 156 valence electrons. The third-order valence-electron chi connectivity index (χ3n) is 8.65. The molecule has 5 aliphatic carbocycles. The second-order valence-electron chi connectivity index (χ2n) is 10.5. The largest absolute Gasteiger partial charge is 0.340 e. The average molecular weight is 391 g/mol. The molecule has 0 aromatic carbocycles. The fourth-order valence-electron chi connectivity index (χ4n) is 7.55. The van der Waals surface area contributed by atoms with Crippen molar-refractivity contribution in [3.63, 3.8) is 0 Å². The van der Waals surface area contributed by atoms with Crippen LogP contribution in [0.1, 0.15) is 64.2 Å². The molecule has 2 heterocycles. The number of amides is 1. The molecule has 1 unspecified atom stereocenters. The molecule has 2 spiro atoms. The second-order valence-corrected chi connectivity index (χ2v) is 10.5. The maximum Gasteiger partial charge on any atom is 0.222 e. The summed E-state index contributed by atoms with van der Waals surface area (Å²) in [5, 5.41) is 3.32. The molecule has 6 heteroatoms. The van der Waals surface area contributed by atoms with Crippen molar-refractivity contribution in [1.82, 2.24) is 10.2 Å². The number of hydrogen-bond acceptors (Lipinski definition) is 5. The number of nitrogens with one attached hydrogen (secondary N) is 1. The van der Waals surface area contributed by atoms with Crippen LogP contribution in [0, 0.1) is 29.6 Å². The van der Waals surface area contributed by atoms with E-state index in [9.17, 15) is 4.79 Å². The van der Waals surface area contributed by atoms with E-state index >= 15 is 0 Å². The Morgan fingerprint density at radius 2 is 1.71 bits per heavy atom. The van der Waals surface area contributed by atoms with Crippen LogP contribution in [0.25, 0.3) is 0 Å². The van der Waals surface area contributed by atoms with Crippen molar-refractivity contribution in [3.05, 3.63) is 0 Å². The lowest BCUT2D eigenvalue weighted by Crippen LogP contribution is -2.59. The lowest BCUT2D eigenvalue weighted by molar-refractivity contribution is -0.390. The molecule has 4 bridgehead atoms. The predicted molar refractivity (Wildman–Crippen MR) is 102 cm³/mol. The van der Waals surface area contributed by atoms with Gasteiger partial charge in [0.1, 0.15) is 0 Å². The van der Waals surface area contributed by atoms with Gasteiger partial charge in [0.25, 0.3) is 0 Å². The first-order valence-corrected chi connectivity index (χ1v) is 11.7. The molecule has 28 heavy (non-hydrogen) atoms. The highest BCUT2D eigenvalue weighted by atomic mass is 17.3. The van der Waals surface area contributed by atoms with Gasteiger partial charge in [-0.05, 0) is 62.7 Å². The number of piperazine rings is 1. The molecule has 7 rings (SSSR count). The van der Waals surface area contributed by atoms with E-state index in [1.165, 1.54) is 32.1 Å². The van der Waals surface area contributed by atoms with Crippen molar-refractivity contribution >= 4 is 5.91 Å². The minimum atomic E-state index is -0.609. The molecule has 6 nitrogen and oxygen atoms in total. The molecule has 2 aliphatic heterocycles. The van der Waals surface area contributed by atoms with Gasteiger partial charge < -0.3 is 15.0 Å². The molecule has 2 atom stereocenters. The maximum absolute atomic E-state index is 12.8. The van der Waals surface area contributed by atoms with Crippen LogP contribution in [-0.2, 0) is 19.3 Å². The van der Waals surface area contributed by atoms with Crippen molar-refractivity contribution in [1.29, 1.82) is 0 Å². The van der Waals surface area contributed by atoms with Gasteiger partial charge in [-0.3, -0.25) is 4.79 Å². The lowest BCUT2D eigenvalue weighted by Gasteiger charge is -2.57. The van der Waals surface area contributed by atoms with E-state index in [0.29, 0.717) is 30.1 Å². The Bertz CT molecular complexity index is 606. The Morgan fingerprint density at radius 1 is 1.00 bits per heavy atom. The average Bonchev–Trinajstić information content (AvgIpc) is 3.06. The van der Waals surface area contributed by atoms with Crippen LogP contribution < -0.4 is 5.32 Å². The highest BCUT2D eigenvalue weighted by Gasteiger charge is 2.67. The SMILES string of the molecule is O=C(CC1CCC[C@]2(C1)OOC1(O2)C2CC3CC(C2)CC1C3)N1CCNCC1. The monoisotopic (exact) mass is 390 g/mol. The van der Waals surface area contributed by atoms with Gasteiger partial charge in [0, 0.05) is 57.3 Å². The first kappa shape index (κ1) is 18.1. The third-order valence-corrected chi connectivity index (χ3v) is 8.65. The minimum absolute atomic E-state index is 0.298. The van der Waals surface area contributed by atoms with Gasteiger partial charge >= 0.3 is 0 Å². The first-order valence-electron chi connectivity index (χ1n) is 11.7. The highest BCUT2D eigenvalue weighted by molar-refractivity contribution is 5.76. The zero-order valence-corrected chi connectivity index (χ0v) is 16.9. The van der Waals surface area contributed by atoms with Crippen molar-refractivity contribution in [3.8, 4) is 0 Å². The summed E-state index contributed by atoms with van der Waals surface area (Å²) in [4.78, 5) is 27.0. The summed E-state index contributed by atoms with van der Waals surface area (Å²) in [5.74, 6) is 2.32. The molecular weight excluding hydrogens is 356 g/mol. The van der Waals surface area contributed by atoms with Crippen LogP contribution in [0.5, 0.6) is 0 Å². The van der Waals surface area contributed by atoms with Gasteiger partial charge in [-0.25, -0.2) is 0 Å². The van der Waals surface area contributed by atoms with E-state index in [4.69, 9.17) is 14.5 Å². The number of carbonyl (C=O) groups excluding carboxylic acids is 1. The summed E-state index contributed by atoms with van der Waals surface area (Å²) in [7, 11) is 0. The number of carbonyl (C=O) groups is 1. The molecule has 5 saturated carbocycles. The van der Waals surface area contributed by atoms with Crippen LogP contribution >= 0.6 is 0 Å². The summed E-state index contributed by atoms with van der Waals surface area (Å²) in [6, 6.07) is 0. The Balaban J connectivity index is 1.14. The zero-order chi connectivity index (χ0) is 18.8. The van der Waals surface area contributed by atoms with E-state index < -0.39 is 11.6 Å². The molecule has 1 amide bonds. The summed E-state index contributed by atoms with van der Waals surface area (Å²) < 4.78 is 6.83. The Morgan fingerprint density at radius 3 is 2.43 bits per heavy atom. The molecule has 0 aromatic heterocycles. The molecule has 0 radical (unpaired) electrons. The highest BCUT2D eigenvalue weighted by Crippen LogP contribution is 2.64. The number of rotatable bonds is 2. The number of ether oxygens (including phenoxy) is 1. The summed E-state index contributed by atoms with van der Waals surface area (Å²) >= 11 is 0. The zero-order valence-electron chi connectivity index (χ0n) is 16.9. The van der Waals surface area contributed by atoms with Crippen LogP contribution in [-0.4, -0.2) is 48.6 Å². The molecule has 1 N–H and O–H groups in total. The Kier molecular flexibility index (Phi) is 4.31. The Hall–Kier alpha value is -0.690. The fraction of sp³-hybridized carbons (Fsp3) is 0.955. The summed E-state index contributed by atoms with van der Waals surface area (Å²) in [6.45, 7) is 3.49. The normalized spacial score (nSPS) is 50.0. The number of hydrogen-bond donors (Lipinski definition) is 1. The van der Waals surface area contributed by atoms with E-state index in [-0.39, 0.29) is 0 Å². The smallest absolute Gasteiger partial charge is 0.222 e. The van der Waals surface area contributed by atoms with Crippen molar-refractivity contribution in [2.45, 2.75) is 75.8 Å². The summed E-state index contributed by atoms with van der Waals surface area (Å²) in [6.07, 6.45) is 10.9. The first-order chi connectivity index (χ1) is 13.6. The second kappa shape index (κ2) is 6.66. The van der Waals surface area contributed by atoms with Crippen molar-refractivity contribution < 1.29 is 19.3 Å². The maximum atomic E-state index is 12.8. The summed E-state index contributed by atoms with van der Waals surface area (Å²) in [5.41, 5.74) is 0. The van der Waals surface area contributed by atoms with Gasteiger partial charge in [-0.15, -0.1) is 0 Å². The molecule has 7 fully saturated rings. The van der Waals surface area contributed by atoms with Crippen LogP contribution in [0.2, 0.25) is 0 Å². The van der Waals surface area contributed by atoms with E-state index in [0.717, 1.165) is 63.7 Å². The third kappa shape index (κ3) is 2.86. The quantitative estimate of drug-likeness (QED) is 0.735. The fourth-order valence-corrected chi connectivity index (χ4v) is 7.55. The predicted octanol–water partition coefficient (Wildman–Crippen LogP) is 2.83. The van der Waals surface area contributed by atoms with Crippen molar-refractivity contribution in [2.24, 2.45) is 29.6 Å². The topological polar surface area (TPSA) is 60.0 Å². The van der Waals surface area contributed by atoms with E-state index in [1.54, 1.807) is 0 Å². The van der Waals surface area contributed by atoms with Gasteiger partial charge in [0.2, 0.25) is 17.5 Å². The minimum Gasteiger partial charge on any atom is -0.340 e. The molecule has 0 aromatic rings. The van der Waals surface area contributed by atoms with Gasteiger partial charge in [-0.2, -0.15) is 9.78 Å². The van der Waals surface area contributed by atoms with Crippen LogP contribution in [0.15, 0.2) is 0 Å². The van der Waals surface area contributed by atoms with Gasteiger partial charge in [0.05, 0.1) is 0 Å². The van der Waals surface area contributed by atoms with Crippen LogP contribution in [0.4, 0.5) is 0 Å². The van der Waals surface area contributed by atoms with Gasteiger partial charge in [0.15, 0.2) is 0 Å². The lowest BCUT2D eigenvalue weighted by atomic mass is 9.53. The molecule has 2 saturated heterocycles. The van der Waals surface area contributed by atoms with E-state index in [2.05, 4.69) is 5.32 Å². The van der Waals surface area contributed by atoms with E-state index in [1.807, 2.05) is 4.90 Å².